The molecule has 0 heterocycles. The van der Waals surface area contributed by atoms with E-state index in [4.69, 9.17) is 4.65 Å². The molecule has 0 unspecified atom stereocenters. The van der Waals surface area contributed by atoms with Crippen LogP contribution in [0.2, 0.25) is 5.82 Å². The van der Waals surface area contributed by atoms with E-state index in [0.717, 1.165) is 18.3 Å². The fraction of sp³-hybridized carbons (Fsp3) is 0.647. The molecule has 0 saturated heterocycles. The molecule has 1 fully saturated rings. The maximum absolute atomic E-state index is 13.6. The summed E-state index contributed by atoms with van der Waals surface area (Å²) >= 11 is 0. The van der Waals surface area contributed by atoms with Crippen LogP contribution >= 0.6 is 0 Å². The lowest BCUT2D eigenvalue weighted by Crippen LogP contribution is -2.48. The Morgan fingerprint density at radius 1 is 1.24 bits per heavy atom. The highest BCUT2D eigenvalue weighted by molar-refractivity contribution is 6.69. The molecule has 1 aliphatic rings. The van der Waals surface area contributed by atoms with Gasteiger partial charge in [-0.2, -0.15) is 0 Å². The molecule has 0 radical (unpaired) electrons. The lowest BCUT2D eigenvalue weighted by Gasteiger charge is -2.41. The van der Waals surface area contributed by atoms with Crippen molar-refractivity contribution >= 4 is 12.4 Å². The van der Waals surface area contributed by atoms with Crippen molar-refractivity contribution in [2.24, 2.45) is 5.41 Å². The van der Waals surface area contributed by atoms with E-state index in [1.165, 1.54) is 6.07 Å². The molecule has 1 N–H and O–H groups in total. The summed E-state index contributed by atoms with van der Waals surface area (Å²) in [5, 5.41) is 9.26. The van der Waals surface area contributed by atoms with Crippen LogP contribution in [0.15, 0.2) is 18.2 Å². The first-order valence-corrected chi connectivity index (χ1v) is 7.73. The SMILES string of the molecule is CC(C)(C)C(C)(C)OB(c1ccc(F)c(CO)c1)C1CC1. The van der Waals surface area contributed by atoms with Gasteiger partial charge in [0.2, 0.25) is 0 Å². The van der Waals surface area contributed by atoms with Crippen LogP contribution in [0.3, 0.4) is 0 Å². The Kier molecular flexibility index (Phi) is 4.50. The van der Waals surface area contributed by atoms with E-state index < -0.39 is 0 Å². The van der Waals surface area contributed by atoms with E-state index in [2.05, 4.69) is 34.6 Å². The number of aliphatic hydroxyl groups excluding tert-OH is 1. The zero-order valence-electron chi connectivity index (χ0n) is 13.7. The van der Waals surface area contributed by atoms with Crippen LogP contribution in [0.1, 0.15) is 53.0 Å². The third-order valence-electron chi connectivity index (χ3n) is 4.85. The van der Waals surface area contributed by atoms with Crippen molar-refractivity contribution < 1.29 is 14.2 Å². The van der Waals surface area contributed by atoms with Crippen molar-refractivity contribution in [1.82, 2.24) is 0 Å². The van der Waals surface area contributed by atoms with Gasteiger partial charge in [0.1, 0.15) is 5.82 Å². The molecule has 2 rings (SSSR count). The largest absolute Gasteiger partial charge is 0.425 e. The van der Waals surface area contributed by atoms with Gasteiger partial charge in [-0.1, -0.05) is 45.7 Å². The Morgan fingerprint density at radius 3 is 2.33 bits per heavy atom. The van der Waals surface area contributed by atoms with Gasteiger partial charge in [0.05, 0.1) is 12.2 Å². The molecule has 0 bridgehead atoms. The molecule has 2 nitrogen and oxygen atoms in total. The second-order valence-corrected chi connectivity index (χ2v) is 7.65. The second-order valence-electron chi connectivity index (χ2n) is 7.65. The average molecular weight is 292 g/mol. The first-order chi connectivity index (χ1) is 9.65. The molecule has 0 aliphatic heterocycles. The molecular weight excluding hydrogens is 266 g/mol. The van der Waals surface area contributed by atoms with Gasteiger partial charge in [0.25, 0.3) is 0 Å². The smallest absolute Gasteiger partial charge is 0.330 e. The maximum atomic E-state index is 13.6. The number of rotatable bonds is 5. The van der Waals surface area contributed by atoms with Gasteiger partial charge in [0.15, 0.2) is 0 Å². The topological polar surface area (TPSA) is 29.5 Å². The Bertz CT molecular complexity index is 504. The van der Waals surface area contributed by atoms with Crippen LogP contribution in [0.25, 0.3) is 0 Å². The van der Waals surface area contributed by atoms with Crippen molar-refractivity contribution in [3.63, 3.8) is 0 Å². The fourth-order valence-electron chi connectivity index (χ4n) is 2.22. The Labute approximate surface area is 127 Å². The number of hydrogen-bond donors (Lipinski definition) is 1. The van der Waals surface area contributed by atoms with Crippen molar-refractivity contribution in [1.29, 1.82) is 0 Å². The number of halogens is 1. The fourth-order valence-corrected chi connectivity index (χ4v) is 2.22. The van der Waals surface area contributed by atoms with Gasteiger partial charge in [-0.25, -0.2) is 4.39 Å². The van der Waals surface area contributed by atoms with Crippen molar-refractivity contribution in [3.8, 4) is 0 Å². The first kappa shape index (κ1) is 16.5. The highest BCUT2D eigenvalue weighted by Gasteiger charge is 2.44. The van der Waals surface area contributed by atoms with Crippen LogP contribution in [0.4, 0.5) is 4.39 Å². The van der Waals surface area contributed by atoms with Crippen LogP contribution in [0.5, 0.6) is 0 Å². The van der Waals surface area contributed by atoms with Gasteiger partial charge in [0, 0.05) is 5.56 Å². The van der Waals surface area contributed by atoms with E-state index >= 15 is 0 Å². The molecule has 0 atom stereocenters. The predicted octanol–water partition coefficient (Wildman–Crippen LogP) is 3.52. The first-order valence-electron chi connectivity index (χ1n) is 7.73. The summed E-state index contributed by atoms with van der Waals surface area (Å²) in [6.45, 7) is 10.4. The average Bonchev–Trinajstić information content (AvgIpc) is 3.19. The summed E-state index contributed by atoms with van der Waals surface area (Å²) in [7, 11) is 0. The van der Waals surface area contributed by atoms with E-state index in [9.17, 15) is 9.50 Å². The maximum Gasteiger partial charge on any atom is 0.330 e. The summed E-state index contributed by atoms with van der Waals surface area (Å²) in [4.78, 5) is 0. The highest BCUT2D eigenvalue weighted by Crippen LogP contribution is 2.43. The minimum Gasteiger partial charge on any atom is -0.425 e. The lowest BCUT2D eigenvalue weighted by atomic mass is 9.55. The molecule has 0 aromatic heterocycles. The normalized spacial score (nSPS) is 16.1. The van der Waals surface area contributed by atoms with Crippen LogP contribution < -0.4 is 5.46 Å². The molecule has 21 heavy (non-hydrogen) atoms. The molecule has 1 saturated carbocycles. The van der Waals surface area contributed by atoms with Gasteiger partial charge in [-0.15, -0.1) is 0 Å². The molecule has 116 valence electrons. The zero-order valence-corrected chi connectivity index (χ0v) is 13.7. The molecule has 0 spiro atoms. The summed E-state index contributed by atoms with van der Waals surface area (Å²) < 4.78 is 20.0. The van der Waals surface area contributed by atoms with Crippen LogP contribution in [-0.2, 0) is 11.3 Å². The van der Waals surface area contributed by atoms with E-state index in [1.807, 2.05) is 0 Å². The van der Waals surface area contributed by atoms with Crippen LogP contribution in [0, 0.1) is 11.2 Å². The molecule has 1 aromatic carbocycles. The third kappa shape index (κ3) is 3.67. The highest BCUT2D eigenvalue weighted by atomic mass is 19.1. The summed E-state index contributed by atoms with van der Waals surface area (Å²) in [5.74, 6) is 0.148. The summed E-state index contributed by atoms with van der Waals surface area (Å²) in [6.07, 6.45) is 2.30. The Hall–Kier alpha value is -0.865. The quantitative estimate of drug-likeness (QED) is 0.841. The molecule has 1 aliphatic carbocycles. The Balaban J connectivity index is 2.28. The zero-order chi connectivity index (χ0) is 15.8. The van der Waals surface area contributed by atoms with Gasteiger partial charge >= 0.3 is 6.92 Å². The van der Waals surface area contributed by atoms with E-state index in [0.29, 0.717) is 11.4 Å². The van der Waals surface area contributed by atoms with Crippen molar-refractivity contribution in [3.05, 3.63) is 29.6 Å². The van der Waals surface area contributed by atoms with E-state index in [-0.39, 0.29) is 30.4 Å². The minimum absolute atomic E-state index is 0.0139. The third-order valence-corrected chi connectivity index (χ3v) is 4.85. The summed E-state index contributed by atoms with van der Waals surface area (Å²) in [5.41, 5.74) is 1.05. The lowest BCUT2D eigenvalue weighted by molar-refractivity contribution is -0.000932. The van der Waals surface area contributed by atoms with Crippen LogP contribution in [-0.4, -0.2) is 17.6 Å². The van der Waals surface area contributed by atoms with Crippen molar-refractivity contribution in [2.75, 3.05) is 0 Å². The summed E-state index contributed by atoms with van der Waals surface area (Å²) in [6, 6.07) is 4.97. The van der Waals surface area contributed by atoms with Crippen molar-refractivity contribution in [2.45, 2.75) is 65.5 Å². The van der Waals surface area contributed by atoms with E-state index in [1.54, 1.807) is 12.1 Å². The van der Waals surface area contributed by atoms with Gasteiger partial charge in [-0.3, -0.25) is 0 Å². The van der Waals surface area contributed by atoms with Gasteiger partial charge in [-0.05, 0) is 36.6 Å². The molecule has 0 amide bonds. The second kappa shape index (κ2) is 5.73. The predicted molar refractivity (Wildman–Crippen MR) is 85.3 cm³/mol. The molecule has 4 heteroatoms. The van der Waals surface area contributed by atoms with Gasteiger partial charge < -0.3 is 9.76 Å². The molecular formula is C17H26BFO2. The minimum atomic E-state index is -0.356. The Morgan fingerprint density at radius 2 is 1.86 bits per heavy atom. The number of hydrogen-bond acceptors (Lipinski definition) is 2. The number of benzene rings is 1. The molecule has 1 aromatic rings. The standard InChI is InChI=1S/C17H26BFO2/c1-16(2,3)17(4,5)21-18(13-6-7-13)14-8-9-15(19)12(10-14)11-20/h8-10,13,20H,6-7,11H2,1-5H3. The number of aliphatic hydroxyl groups is 1. The monoisotopic (exact) mass is 292 g/mol.